The maximum absolute atomic E-state index is 11.7. The highest BCUT2D eigenvalue weighted by atomic mass is 35.5. The SMILES string of the molecule is O=C(NC=C1CCCCC1)Nc1ccccc1Cl. The van der Waals surface area contributed by atoms with Crippen molar-refractivity contribution in [1.29, 1.82) is 0 Å². The number of halogens is 1. The smallest absolute Gasteiger partial charge is 0.314 e. The van der Waals surface area contributed by atoms with E-state index in [9.17, 15) is 4.79 Å². The van der Waals surface area contributed by atoms with Crippen LogP contribution in [0.3, 0.4) is 0 Å². The van der Waals surface area contributed by atoms with Crippen LogP contribution < -0.4 is 10.6 Å². The van der Waals surface area contributed by atoms with Gasteiger partial charge in [-0.15, -0.1) is 0 Å². The standard InChI is InChI=1S/C14H17ClN2O/c15-12-8-4-5-9-13(12)17-14(18)16-10-11-6-2-1-3-7-11/h4-5,8-10H,1-3,6-7H2,(H2,16,17,18). The third-order valence-corrected chi connectivity index (χ3v) is 3.35. The minimum atomic E-state index is -0.249. The van der Waals surface area contributed by atoms with Gasteiger partial charge in [-0.25, -0.2) is 4.79 Å². The fraction of sp³-hybridized carbons (Fsp3) is 0.357. The molecule has 0 bridgehead atoms. The lowest BCUT2D eigenvalue weighted by Crippen LogP contribution is -2.24. The Labute approximate surface area is 112 Å². The third kappa shape index (κ3) is 3.77. The third-order valence-electron chi connectivity index (χ3n) is 3.03. The van der Waals surface area contributed by atoms with Gasteiger partial charge in [0.1, 0.15) is 0 Å². The molecule has 3 nitrogen and oxygen atoms in total. The maximum atomic E-state index is 11.7. The second-order valence-corrected chi connectivity index (χ2v) is 4.85. The van der Waals surface area contributed by atoms with E-state index in [2.05, 4.69) is 10.6 Å². The number of para-hydroxylation sites is 1. The number of urea groups is 1. The summed E-state index contributed by atoms with van der Waals surface area (Å²) in [6.07, 6.45) is 7.74. The van der Waals surface area contributed by atoms with Crippen molar-refractivity contribution in [1.82, 2.24) is 5.32 Å². The Kier molecular flexibility index (Phi) is 4.65. The summed E-state index contributed by atoms with van der Waals surface area (Å²) >= 11 is 5.96. The van der Waals surface area contributed by atoms with Gasteiger partial charge in [0.15, 0.2) is 0 Å². The van der Waals surface area contributed by atoms with Gasteiger partial charge in [0, 0.05) is 6.20 Å². The number of carbonyl (C=O) groups excluding carboxylic acids is 1. The van der Waals surface area contributed by atoms with Crippen molar-refractivity contribution in [2.24, 2.45) is 0 Å². The molecule has 0 heterocycles. The molecule has 18 heavy (non-hydrogen) atoms. The number of amides is 2. The lowest BCUT2D eigenvalue weighted by atomic mass is 9.96. The Morgan fingerprint density at radius 2 is 1.89 bits per heavy atom. The summed E-state index contributed by atoms with van der Waals surface area (Å²) in [5.74, 6) is 0. The van der Waals surface area contributed by atoms with Crippen molar-refractivity contribution < 1.29 is 4.79 Å². The Hall–Kier alpha value is -1.48. The van der Waals surface area contributed by atoms with E-state index in [4.69, 9.17) is 11.6 Å². The van der Waals surface area contributed by atoms with E-state index in [0.29, 0.717) is 10.7 Å². The van der Waals surface area contributed by atoms with Crippen molar-refractivity contribution in [3.05, 3.63) is 41.1 Å². The first kappa shape index (κ1) is 13.0. The quantitative estimate of drug-likeness (QED) is 0.821. The highest BCUT2D eigenvalue weighted by Gasteiger charge is 2.06. The number of nitrogens with one attached hydrogen (secondary N) is 2. The molecule has 0 saturated heterocycles. The summed E-state index contributed by atoms with van der Waals surface area (Å²) in [6, 6.07) is 6.93. The van der Waals surface area contributed by atoms with E-state index >= 15 is 0 Å². The lowest BCUT2D eigenvalue weighted by molar-refractivity contribution is 0.255. The molecule has 0 atom stereocenters. The number of allylic oxidation sites excluding steroid dienone is 1. The van der Waals surface area contributed by atoms with Gasteiger partial charge in [0.05, 0.1) is 10.7 Å². The van der Waals surface area contributed by atoms with E-state index in [0.717, 1.165) is 12.8 Å². The van der Waals surface area contributed by atoms with Crippen molar-refractivity contribution in [3.63, 3.8) is 0 Å². The average Bonchev–Trinajstić information content (AvgIpc) is 2.40. The monoisotopic (exact) mass is 264 g/mol. The summed E-state index contributed by atoms with van der Waals surface area (Å²) in [5, 5.41) is 6.02. The van der Waals surface area contributed by atoms with Crippen molar-refractivity contribution in [3.8, 4) is 0 Å². The Morgan fingerprint density at radius 3 is 2.61 bits per heavy atom. The molecule has 4 heteroatoms. The number of hydrogen-bond donors (Lipinski definition) is 2. The number of rotatable bonds is 2. The minimum absolute atomic E-state index is 0.249. The summed E-state index contributed by atoms with van der Waals surface area (Å²) in [5.41, 5.74) is 1.94. The van der Waals surface area contributed by atoms with E-state index < -0.39 is 0 Å². The van der Waals surface area contributed by atoms with Crippen LogP contribution in [-0.2, 0) is 0 Å². The first-order chi connectivity index (χ1) is 8.75. The van der Waals surface area contributed by atoms with Crippen LogP contribution in [0.5, 0.6) is 0 Å². The zero-order chi connectivity index (χ0) is 12.8. The lowest BCUT2D eigenvalue weighted by Gasteiger charge is -2.13. The average molecular weight is 265 g/mol. The van der Waals surface area contributed by atoms with Gasteiger partial charge >= 0.3 is 6.03 Å². The first-order valence-electron chi connectivity index (χ1n) is 6.25. The summed E-state index contributed by atoms with van der Waals surface area (Å²) in [6.45, 7) is 0. The molecule has 2 amide bonds. The number of hydrogen-bond acceptors (Lipinski definition) is 1. The molecule has 1 aromatic rings. The molecule has 96 valence electrons. The van der Waals surface area contributed by atoms with Gasteiger partial charge in [0.25, 0.3) is 0 Å². The second-order valence-electron chi connectivity index (χ2n) is 4.44. The van der Waals surface area contributed by atoms with Crippen LogP contribution in [0.1, 0.15) is 32.1 Å². The molecular weight excluding hydrogens is 248 g/mol. The Balaban J connectivity index is 1.87. The zero-order valence-electron chi connectivity index (χ0n) is 10.2. The number of benzene rings is 1. The highest BCUT2D eigenvalue weighted by Crippen LogP contribution is 2.22. The molecule has 0 aromatic heterocycles. The predicted molar refractivity (Wildman–Crippen MR) is 74.8 cm³/mol. The molecular formula is C14H17ClN2O. The molecule has 1 aliphatic carbocycles. The van der Waals surface area contributed by atoms with Crippen molar-refractivity contribution in [2.45, 2.75) is 32.1 Å². The predicted octanol–water partition coefficient (Wildman–Crippen LogP) is 4.31. The number of anilines is 1. The largest absolute Gasteiger partial charge is 0.323 e. The normalized spacial score (nSPS) is 15.1. The minimum Gasteiger partial charge on any atom is -0.314 e. The second kappa shape index (κ2) is 6.45. The summed E-state index contributed by atoms with van der Waals surface area (Å²) < 4.78 is 0. The van der Waals surface area contributed by atoms with Crippen LogP contribution >= 0.6 is 11.6 Å². The molecule has 0 spiro atoms. The Bertz CT molecular complexity index is 449. The van der Waals surface area contributed by atoms with Crippen molar-refractivity contribution >= 4 is 23.3 Å². The van der Waals surface area contributed by atoms with Gasteiger partial charge in [-0.05, 0) is 37.8 Å². The van der Waals surface area contributed by atoms with Crippen molar-refractivity contribution in [2.75, 3.05) is 5.32 Å². The topological polar surface area (TPSA) is 41.1 Å². The summed E-state index contributed by atoms with van der Waals surface area (Å²) in [4.78, 5) is 11.7. The zero-order valence-corrected chi connectivity index (χ0v) is 11.0. The van der Waals surface area contributed by atoms with Gasteiger partial charge in [-0.1, -0.05) is 35.7 Å². The fourth-order valence-corrected chi connectivity index (χ4v) is 2.22. The molecule has 1 fully saturated rings. The van der Waals surface area contributed by atoms with Crippen LogP contribution in [0.4, 0.5) is 10.5 Å². The summed E-state index contributed by atoms with van der Waals surface area (Å²) in [7, 11) is 0. The molecule has 2 rings (SSSR count). The van der Waals surface area contributed by atoms with Crippen LogP contribution in [0.2, 0.25) is 5.02 Å². The van der Waals surface area contributed by atoms with E-state index in [-0.39, 0.29) is 6.03 Å². The van der Waals surface area contributed by atoms with E-state index in [1.807, 2.05) is 18.3 Å². The van der Waals surface area contributed by atoms with Gasteiger partial charge < -0.3 is 10.6 Å². The van der Waals surface area contributed by atoms with Crippen LogP contribution in [0.25, 0.3) is 0 Å². The molecule has 0 unspecified atom stereocenters. The fourth-order valence-electron chi connectivity index (χ4n) is 2.04. The van der Waals surface area contributed by atoms with Gasteiger partial charge in [-0.2, -0.15) is 0 Å². The van der Waals surface area contributed by atoms with E-state index in [1.165, 1.54) is 24.8 Å². The van der Waals surface area contributed by atoms with Crippen LogP contribution in [0.15, 0.2) is 36.0 Å². The molecule has 0 radical (unpaired) electrons. The number of carbonyl (C=O) groups is 1. The van der Waals surface area contributed by atoms with Gasteiger partial charge in [0.2, 0.25) is 0 Å². The van der Waals surface area contributed by atoms with Crippen LogP contribution in [-0.4, -0.2) is 6.03 Å². The van der Waals surface area contributed by atoms with Gasteiger partial charge in [-0.3, -0.25) is 0 Å². The Morgan fingerprint density at radius 1 is 1.17 bits per heavy atom. The maximum Gasteiger partial charge on any atom is 0.323 e. The first-order valence-corrected chi connectivity index (χ1v) is 6.63. The van der Waals surface area contributed by atoms with Crippen LogP contribution in [0, 0.1) is 0 Å². The molecule has 1 aliphatic rings. The molecule has 1 aromatic carbocycles. The van der Waals surface area contributed by atoms with E-state index in [1.54, 1.807) is 12.1 Å². The molecule has 1 saturated carbocycles. The molecule has 2 N–H and O–H groups in total. The molecule has 0 aliphatic heterocycles. The highest BCUT2D eigenvalue weighted by molar-refractivity contribution is 6.33.